The molecule has 0 saturated carbocycles. The Morgan fingerprint density at radius 2 is 1.96 bits per heavy atom. The fraction of sp³-hybridized carbons (Fsp3) is 0.0714. The predicted molar refractivity (Wildman–Crippen MR) is 91.1 cm³/mol. The summed E-state index contributed by atoms with van der Waals surface area (Å²) in [6.07, 6.45) is 4.92. The second kappa shape index (κ2) is 13.6. The number of benzene rings is 1. The topological polar surface area (TPSA) is 127 Å². The molecule has 0 bridgehead atoms. The van der Waals surface area contributed by atoms with Crippen molar-refractivity contribution in [3.63, 3.8) is 0 Å². The molecule has 0 saturated heterocycles. The van der Waals surface area contributed by atoms with Crippen molar-refractivity contribution in [2.45, 2.75) is 0 Å². The summed E-state index contributed by atoms with van der Waals surface area (Å²) in [7, 11) is 1.51. The predicted octanol–water partition coefficient (Wildman–Crippen LogP) is 1.07. The molecule has 7 nitrogen and oxygen atoms in total. The summed E-state index contributed by atoms with van der Waals surface area (Å²) in [5.74, 6) is 0.749. The van der Waals surface area contributed by atoms with Gasteiger partial charge in [-0.25, -0.2) is 0 Å². The number of rotatable bonds is 3. The van der Waals surface area contributed by atoms with Crippen LogP contribution in [-0.4, -0.2) is 34.0 Å². The van der Waals surface area contributed by atoms with E-state index < -0.39 is 0 Å². The van der Waals surface area contributed by atoms with Gasteiger partial charge in [0.1, 0.15) is 0 Å². The first-order valence-corrected chi connectivity index (χ1v) is 6.39. The Labute approximate surface area is 150 Å². The Hall–Kier alpha value is -2.04. The minimum atomic E-state index is 0. The molecular formula is C14H18CoN4O3S+2. The molecule has 9 heteroatoms. The first-order valence-electron chi connectivity index (χ1n) is 5.94. The molecule has 0 spiro atoms. The average molecular weight is 381 g/mol. The molecule has 0 aliphatic heterocycles. The van der Waals surface area contributed by atoms with Crippen LogP contribution in [0, 0.1) is 0 Å². The molecule has 0 fully saturated rings. The summed E-state index contributed by atoms with van der Waals surface area (Å²) in [5, 5.41) is 11.5. The van der Waals surface area contributed by atoms with Crippen LogP contribution in [0.2, 0.25) is 0 Å². The number of hydrogen-bond acceptors (Lipinski definition) is 4. The van der Waals surface area contributed by atoms with E-state index in [1.807, 2.05) is 18.2 Å². The molecule has 0 aliphatic carbocycles. The van der Waals surface area contributed by atoms with Crippen molar-refractivity contribution in [2.75, 3.05) is 7.11 Å². The van der Waals surface area contributed by atoms with E-state index >= 15 is 0 Å². The zero-order valence-electron chi connectivity index (χ0n) is 12.3. The largest absolute Gasteiger partial charge is 2.00 e. The Morgan fingerprint density at radius 3 is 2.39 bits per heavy atom. The summed E-state index contributed by atoms with van der Waals surface area (Å²) >= 11 is 3.75. The van der Waals surface area contributed by atoms with Gasteiger partial charge in [0.05, 0.1) is 12.7 Å². The molecule has 23 heavy (non-hydrogen) atoms. The van der Waals surface area contributed by atoms with Gasteiger partial charge in [0.2, 0.25) is 5.75 Å². The van der Waals surface area contributed by atoms with E-state index in [0.717, 1.165) is 0 Å². The SMILES string of the molecule is COc1cccc(C=N[N-]C(N)=[SH+])c1[OH2+].[Co+2].[OH-].c1ccncc1. The van der Waals surface area contributed by atoms with Gasteiger partial charge in [0.25, 0.3) is 0 Å². The smallest absolute Gasteiger partial charge is 0.870 e. The van der Waals surface area contributed by atoms with Crippen LogP contribution in [-0.2, 0) is 29.0 Å². The monoisotopic (exact) mass is 381 g/mol. The number of pyridine rings is 1. The third kappa shape index (κ3) is 9.55. The number of nitrogens with two attached hydrogens (primary N) is 1. The first kappa shape index (κ1) is 23.2. The van der Waals surface area contributed by atoms with Gasteiger partial charge in [-0.2, -0.15) is 0 Å². The van der Waals surface area contributed by atoms with Crippen molar-refractivity contribution < 1.29 is 32.1 Å². The van der Waals surface area contributed by atoms with Gasteiger partial charge in [-0.1, -0.05) is 12.1 Å². The quantitative estimate of drug-likeness (QED) is 0.280. The first-order chi connectivity index (χ1) is 10.1. The molecule has 0 atom stereocenters. The van der Waals surface area contributed by atoms with E-state index in [1.165, 1.54) is 13.3 Å². The number of thiol groups is 1. The van der Waals surface area contributed by atoms with Crippen LogP contribution in [0.25, 0.3) is 5.43 Å². The molecule has 125 valence electrons. The van der Waals surface area contributed by atoms with Crippen LogP contribution in [0.3, 0.4) is 0 Å². The normalized spacial score (nSPS) is 8.78. The maximum atomic E-state index is 7.72. The summed E-state index contributed by atoms with van der Waals surface area (Å²) in [6.45, 7) is 0. The number of methoxy groups -OCH3 is 1. The number of ether oxygens (including phenoxy) is 1. The zero-order valence-corrected chi connectivity index (χ0v) is 14.2. The second-order valence-corrected chi connectivity index (χ2v) is 4.11. The van der Waals surface area contributed by atoms with Crippen LogP contribution >= 0.6 is 0 Å². The Bertz CT molecular complexity index is 573. The Kier molecular flexibility index (Phi) is 13.7. The summed E-state index contributed by atoms with van der Waals surface area (Å²) in [5.41, 5.74) is 9.30. The number of aromatic nitrogens is 1. The molecule has 0 unspecified atom stereocenters. The van der Waals surface area contributed by atoms with Crippen molar-refractivity contribution in [1.29, 1.82) is 0 Å². The van der Waals surface area contributed by atoms with Crippen molar-refractivity contribution in [2.24, 2.45) is 10.8 Å². The van der Waals surface area contributed by atoms with Crippen molar-refractivity contribution in [3.8, 4) is 11.5 Å². The molecule has 0 aliphatic rings. The molecule has 1 radical (unpaired) electrons. The molecule has 5 N–H and O–H groups in total. The minimum absolute atomic E-state index is 0. The second-order valence-electron chi connectivity index (χ2n) is 3.65. The number of para-hydroxylation sites is 1. The van der Waals surface area contributed by atoms with Crippen LogP contribution in [0.1, 0.15) is 5.56 Å². The van der Waals surface area contributed by atoms with Crippen molar-refractivity contribution >= 4 is 23.5 Å². The van der Waals surface area contributed by atoms with Gasteiger partial charge >= 0.3 is 22.5 Å². The van der Waals surface area contributed by atoms with E-state index in [1.54, 1.807) is 30.6 Å². The van der Waals surface area contributed by atoms with Gasteiger partial charge in [0.15, 0.2) is 17.3 Å². The molecular weight excluding hydrogens is 363 g/mol. The van der Waals surface area contributed by atoms with Crippen molar-refractivity contribution in [1.82, 2.24) is 4.98 Å². The molecule has 0 amide bonds. The fourth-order valence-corrected chi connectivity index (χ4v) is 1.34. The Morgan fingerprint density at radius 1 is 1.30 bits per heavy atom. The summed E-state index contributed by atoms with van der Waals surface area (Å²) < 4.78 is 4.99. The average Bonchev–Trinajstić information content (AvgIpc) is 2.51. The number of nitrogens with zero attached hydrogens (tertiary/aromatic N) is 3. The zero-order chi connectivity index (χ0) is 15.5. The summed E-state index contributed by atoms with van der Waals surface area (Å²) in [6, 6.07) is 10.9. The van der Waals surface area contributed by atoms with Gasteiger partial charge in [-0.15, -0.1) is 0 Å². The van der Waals surface area contributed by atoms with Gasteiger partial charge < -0.3 is 25.8 Å². The van der Waals surface area contributed by atoms with E-state index in [2.05, 4.69) is 27.7 Å². The maximum Gasteiger partial charge on any atom is 2.00 e. The minimum Gasteiger partial charge on any atom is -0.870 e. The number of hydrogen-bond donors (Lipinski definition) is 1. The maximum absolute atomic E-state index is 7.72. The van der Waals surface area contributed by atoms with Gasteiger partial charge in [0, 0.05) is 18.6 Å². The van der Waals surface area contributed by atoms with Crippen LogP contribution < -0.4 is 10.5 Å². The standard InChI is InChI=1S/C9H11N3O2S.C5H5N.Co.H2O/c1-14-7-4-2-3-6(8(7)13)5-11-12-9(10)15;1-2-4-6-5-3-1;;/h2-5H,1H3,(H4,10,11,12,13,15);1-5H;;1H2/q;;+2;. The van der Waals surface area contributed by atoms with Crippen LogP contribution in [0.4, 0.5) is 0 Å². The molecule has 2 rings (SSSR count). The Balaban J connectivity index is 0. The van der Waals surface area contributed by atoms with Gasteiger partial charge in [-0.05, 0) is 24.3 Å². The van der Waals surface area contributed by atoms with E-state index in [4.69, 9.17) is 15.6 Å². The van der Waals surface area contributed by atoms with E-state index in [9.17, 15) is 0 Å². The molecule has 2 aromatic rings. The van der Waals surface area contributed by atoms with E-state index in [0.29, 0.717) is 11.3 Å². The van der Waals surface area contributed by atoms with Crippen LogP contribution in [0.15, 0.2) is 53.9 Å². The summed E-state index contributed by atoms with van der Waals surface area (Å²) in [4.78, 5) is 3.78. The third-order valence-electron chi connectivity index (χ3n) is 2.20. The third-order valence-corrected chi connectivity index (χ3v) is 2.29. The molecule has 1 heterocycles. The van der Waals surface area contributed by atoms with Crippen LogP contribution in [0.5, 0.6) is 11.5 Å². The van der Waals surface area contributed by atoms with E-state index in [-0.39, 0.29) is 33.1 Å². The fourth-order valence-electron chi connectivity index (χ4n) is 1.29. The van der Waals surface area contributed by atoms with Gasteiger partial charge in [-0.3, -0.25) is 10.7 Å². The van der Waals surface area contributed by atoms with Crippen molar-refractivity contribution in [3.05, 3.63) is 59.8 Å². The molecule has 1 aromatic heterocycles. The molecule has 1 aromatic carbocycles.